The summed E-state index contributed by atoms with van der Waals surface area (Å²) in [4.78, 5) is 30.8. The normalized spacial score (nSPS) is 20.3. The van der Waals surface area contributed by atoms with E-state index in [1.54, 1.807) is 14.2 Å². The predicted octanol–water partition coefficient (Wildman–Crippen LogP) is 3.52. The largest absolute Gasteiger partial charge is 0.497 e. The van der Waals surface area contributed by atoms with Gasteiger partial charge >= 0.3 is 0 Å². The number of nitrogens with one attached hydrogen (secondary N) is 1. The van der Waals surface area contributed by atoms with Crippen LogP contribution in [0.15, 0.2) is 48.5 Å². The van der Waals surface area contributed by atoms with Gasteiger partial charge in [-0.2, -0.15) is 0 Å². The molecule has 7 nitrogen and oxygen atoms in total. The van der Waals surface area contributed by atoms with Gasteiger partial charge in [0.1, 0.15) is 11.5 Å². The Morgan fingerprint density at radius 3 is 2.26 bits per heavy atom. The molecule has 1 N–H and O–H groups in total. The summed E-state index contributed by atoms with van der Waals surface area (Å²) in [5, 5.41) is 3.10. The lowest BCUT2D eigenvalue weighted by Crippen LogP contribution is -2.53. The molecule has 2 unspecified atom stereocenters. The Bertz CT molecular complexity index is 986. The topological polar surface area (TPSA) is 71.1 Å². The molecule has 7 heteroatoms. The number of amides is 2. The van der Waals surface area contributed by atoms with Gasteiger partial charge in [0.05, 0.1) is 14.2 Å². The van der Waals surface area contributed by atoms with E-state index in [0.29, 0.717) is 19.6 Å². The van der Waals surface area contributed by atoms with Gasteiger partial charge in [0, 0.05) is 50.2 Å². The highest BCUT2D eigenvalue weighted by Crippen LogP contribution is 2.32. The van der Waals surface area contributed by atoms with E-state index < -0.39 is 0 Å². The first-order valence-corrected chi connectivity index (χ1v) is 12.7. The maximum atomic E-state index is 13.5. The van der Waals surface area contributed by atoms with E-state index in [9.17, 15) is 9.59 Å². The molecule has 1 aliphatic carbocycles. The molecular formula is C28H37N3O4. The van der Waals surface area contributed by atoms with Crippen molar-refractivity contribution in [2.45, 2.75) is 32.1 Å². The molecule has 2 aliphatic rings. The fourth-order valence-electron chi connectivity index (χ4n) is 5.24. The zero-order valence-corrected chi connectivity index (χ0v) is 20.9. The maximum Gasteiger partial charge on any atom is 0.226 e. The minimum Gasteiger partial charge on any atom is -0.497 e. The summed E-state index contributed by atoms with van der Waals surface area (Å²) in [6.45, 7) is 3.52. The van der Waals surface area contributed by atoms with Crippen LogP contribution >= 0.6 is 0 Å². The van der Waals surface area contributed by atoms with Crippen molar-refractivity contribution in [1.29, 1.82) is 0 Å². The fraction of sp³-hybridized carbons (Fsp3) is 0.500. The Hall–Kier alpha value is -3.22. The molecule has 1 saturated heterocycles. The van der Waals surface area contributed by atoms with Crippen LogP contribution < -0.4 is 19.7 Å². The third kappa shape index (κ3) is 6.27. The Morgan fingerprint density at radius 2 is 1.57 bits per heavy atom. The van der Waals surface area contributed by atoms with Gasteiger partial charge in [-0.3, -0.25) is 9.59 Å². The number of carbonyl (C=O) groups is 2. The average molecular weight is 480 g/mol. The highest BCUT2D eigenvalue weighted by molar-refractivity contribution is 5.88. The van der Waals surface area contributed by atoms with Gasteiger partial charge in [0.15, 0.2) is 0 Å². The standard InChI is InChI=1S/C28H37N3O4/c1-34-23-12-10-22(11-13-23)30-16-18-31(19-17-30)28(33)26-9-4-3-8-25(26)27(32)29-15-14-21-6-5-7-24(20-21)35-2/h5-7,10-13,20,25-26H,3-4,8-9,14-19H2,1-2H3,(H,29,32). The van der Waals surface area contributed by atoms with Gasteiger partial charge < -0.3 is 24.6 Å². The molecule has 0 aromatic heterocycles. The van der Waals surface area contributed by atoms with Gasteiger partial charge in [0.2, 0.25) is 11.8 Å². The number of rotatable bonds is 8. The molecule has 2 amide bonds. The second kappa shape index (κ2) is 12.0. The number of hydrogen-bond donors (Lipinski definition) is 1. The van der Waals surface area contributed by atoms with Gasteiger partial charge in [-0.05, 0) is 61.2 Å². The number of carbonyl (C=O) groups excluding carboxylic acids is 2. The molecule has 0 bridgehead atoms. The molecule has 2 atom stereocenters. The van der Waals surface area contributed by atoms with E-state index in [0.717, 1.165) is 67.9 Å². The number of anilines is 1. The Labute approximate surface area is 208 Å². The Balaban J connectivity index is 1.29. The maximum absolute atomic E-state index is 13.5. The lowest BCUT2D eigenvalue weighted by molar-refractivity contribution is -0.143. The molecule has 2 aromatic carbocycles. The van der Waals surface area contributed by atoms with Crippen molar-refractivity contribution in [2.75, 3.05) is 51.8 Å². The summed E-state index contributed by atoms with van der Waals surface area (Å²) >= 11 is 0. The van der Waals surface area contributed by atoms with Crippen LogP contribution in [0.5, 0.6) is 11.5 Å². The number of ether oxygens (including phenoxy) is 2. The summed E-state index contributed by atoms with van der Waals surface area (Å²) in [7, 11) is 3.32. The SMILES string of the molecule is COc1ccc(N2CCN(C(=O)C3CCCCC3C(=O)NCCc3cccc(OC)c3)CC2)cc1. The van der Waals surface area contributed by atoms with Crippen molar-refractivity contribution in [3.05, 3.63) is 54.1 Å². The van der Waals surface area contributed by atoms with Crippen LogP contribution in [-0.2, 0) is 16.0 Å². The number of nitrogens with zero attached hydrogens (tertiary/aromatic N) is 2. The fourth-order valence-corrected chi connectivity index (χ4v) is 5.24. The van der Waals surface area contributed by atoms with Crippen LogP contribution in [0.3, 0.4) is 0 Å². The molecule has 2 aromatic rings. The molecular weight excluding hydrogens is 442 g/mol. The third-order valence-corrected chi connectivity index (χ3v) is 7.30. The van der Waals surface area contributed by atoms with Crippen molar-refractivity contribution < 1.29 is 19.1 Å². The first kappa shape index (κ1) is 24.9. The Kier molecular flexibility index (Phi) is 8.50. The van der Waals surface area contributed by atoms with E-state index in [1.165, 1.54) is 0 Å². The van der Waals surface area contributed by atoms with E-state index in [1.807, 2.05) is 41.3 Å². The molecule has 0 radical (unpaired) electrons. The summed E-state index contributed by atoms with van der Waals surface area (Å²) in [5.74, 6) is 1.37. The first-order chi connectivity index (χ1) is 17.1. The minimum atomic E-state index is -0.235. The van der Waals surface area contributed by atoms with Crippen LogP contribution in [0.1, 0.15) is 31.2 Å². The molecule has 2 fully saturated rings. The lowest BCUT2D eigenvalue weighted by Gasteiger charge is -2.39. The Morgan fingerprint density at radius 1 is 0.886 bits per heavy atom. The van der Waals surface area contributed by atoms with Crippen LogP contribution in [0, 0.1) is 11.8 Å². The minimum absolute atomic E-state index is 0.0165. The van der Waals surface area contributed by atoms with Crippen molar-refractivity contribution in [1.82, 2.24) is 10.2 Å². The predicted molar refractivity (Wildman–Crippen MR) is 137 cm³/mol. The van der Waals surface area contributed by atoms with Crippen molar-refractivity contribution in [2.24, 2.45) is 11.8 Å². The molecule has 1 saturated carbocycles. The van der Waals surface area contributed by atoms with Gasteiger partial charge in [0.25, 0.3) is 0 Å². The van der Waals surface area contributed by atoms with Gasteiger partial charge in [-0.15, -0.1) is 0 Å². The monoisotopic (exact) mass is 479 g/mol. The number of piperazine rings is 1. The third-order valence-electron chi connectivity index (χ3n) is 7.30. The smallest absolute Gasteiger partial charge is 0.226 e. The lowest BCUT2D eigenvalue weighted by atomic mass is 9.77. The highest BCUT2D eigenvalue weighted by Gasteiger charge is 2.38. The second-order valence-electron chi connectivity index (χ2n) is 9.40. The van der Waals surface area contributed by atoms with Crippen LogP contribution in [0.2, 0.25) is 0 Å². The molecule has 35 heavy (non-hydrogen) atoms. The molecule has 1 heterocycles. The van der Waals surface area contributed by atoms with E-state index >= 15 is 0 Å². The number of methoxy groups -OCH3 is 2. The number of benzene rings is 2. The molecule has 1 aliphatic heterocycles. The zero-order valence-electron chi connectivity index (χ0n) is 20.9. The van der Waals surface area contributed by atoms with Crippen molar-refractivity contribution >= 4 is 17.5 Å². The van der Waals surface area contributed by atoms with Crippen molar-refractivity contribution in [3.63, 3.8) is 0 Å². The average Bonchev–Trinajstić information content (AvgIpc) is 2.93. The van der Waals surface area contributed by atoms with Crippen LogP contribution in [0.4, 0.5) is 5.69 Å². The number of hydrogen-bond acceptors (Lipinski definition) is 5. The summed E-state index contributed by atoms with van der Waals surface area (Å²) in [6.07, 6.45) is 4.33. The molecule has 0 spiro atoms. The van der Waals surface area contributed by atoms with E-state index in [4.69, 9.17) is 9.47 Å². The zero-order chi connectivity index (χ0) is 24.6. The molecule has 188 valence electrons. The summed E-state index contributed by atoms with van der Waals surface area (Å²) < 4.78 is 10.5. The molecule has 4 rings (SSSR count). The van der Waals surface area contributed by atoms with E-state index in [-0.39, 0.29) is 23.7 Å². The van der Waals surface area contributed by atoms with E-state index in [2.05, 4.69) is 22.3 Å². The second-order valence-corrected chi connectivity index (χ2v) is 9.40. The van der Waals surface area contributed by atoms with Crippen molar-refractivity contribution in [3.8, 4) is 11.5 Å². The summed E-state index contributed by atoms with van der Waals surface area (Å²) in [5.41, 5.74) is 2.26. The quantitative estimate of drug-likeness (QED) is 0.627. The first-order valence-electron chi connectivity index (χ1n) is 12.7. The summed E-state index contributed by atoms with van der Waals surface area (Å²) in [6, 6.07) is 15.9. The van der Waals surface area contributed by atoms with Gasteiger partial charge in [-0.25, -0.2) is 0 Å². The van der Waals surface area contributed by atoms with Gasteiger partial charge in [-0.1, -0.05) is 25.0 Å². The van der Waals surface area contributed by atoms with Crippen LogP contribution in [-0.4, -0.2) is 63.7 Å². The highest BCUT2D eigenvalue weighted by atomic mass is 16.5. The van der Waals surface area contributed by atoms with Crippen LogP contribution in [0.25, 0.3) is 0 Å².